The van der Waals surface area contributed by atoms with E-state index in [1.54, 1.807) is 0 Å². The Labute approximate surface area is 122 Å². The maximum atomic E-state index is 11.1. The van der Waals surface area contributed by atoms with E-state index < -0.39 is 11.9 Å². The lowest BCUT2D eigenvalue weighted by Gasteiger charge is -2.25. The number of carbonyl (C=O) groups is 1. The molecule has 1 aromatic carbocycles. The number of aliphatic carboxylic acids is 1. The van der Waals surface area contributed by atoms with Gasteiger partial charge < -0.3 is 10.8 Å². The lowest BCUT2D eigenvalue weighted by Crippen LogP contribution is -2.26. The Morgan fingerprint density at radius 1 is 1.20 bits per heavy atom. The highest BCUT2D eigenvalue weighted by molar-refractivity contribution is 5.70. The van der Waals surface area contributed by atoms with Gasteiger partial charge >= 0.3 is 5.97 Å². The van der Waals surface area contributed by atoms with Crippen molar-refractivity contribution in [3.63, 3.8) is 0 Å². The zero-order valence-electron chi connectivity index (χ0n) is 13.2. The van der Waals surface area contributed by atoms with Crippen LogP contribution in [-0.2, 0) is 4.79 Å². The van der Waals surface area contributed by atoms with Crippen molar-refractivity contribution in [2.75, 3.05) is 6.54 Å². The van der Waals surface area contributed by atoms with Crippen LogP contribution in [0.25, 0.3) is 0 Å². The number of aryl methyl sites for hydroxylation is 1. The zero-order valence-corrected chi connectivity index (χ0v) is 13.2. The van der Waals surface area contributed by atoms with Gasteiger partial charge in [0.15, 0.2) is 0 Å². The van der Waals surface area contributed by atoms with E-state index in [-0.39, 0.29) is 6.54 Å². The number of benzene rings is 1. The summed E-state index contributed by atoms with van der Waals surface area (Å²) in [5, 5.41) is 9.13. The van der Waals surface area contributed by atoms with Crippen LogP contribution in [-0.4, -0.2) is 17.6 Å². The molecular weight excluding hydrogens is 250 g/mol. The van der Waals surface area contributed by atoms with Crippen LogP contribution in [0, 0.1) is 32.6 Å². The Morgan fingerprint density at radius 2 is 1.80 bits per heavy atom. The summed E-state index contributed by atoms with van der Waals surface area (Å²) in [6, 6.07) is 4.33. The summed E-state index contributed by atoms with van der Waals surface area (Å²) >= 11 is 0. The van der Waals surface area contributed by atoms with Crippen molar-refractivity contribution >= 4 is 5.97 Å². The van der Waals surface area contributed by atoms with Crippen LogP contribution in [0.4, 0.5) is 0 Å². The third-order valence-electron chi connectivity index (χ3n) is 4.73. The summed E-state index contributed by atoms with van der Waals surface area (Å²) in [6.45, 7) is 10.9. The molecule has 1 rings (SSSR count). The third kappa shape index (κ3) is 3.60. The van der Waals surface area contributed by atoms with Crippen molar-refractivity contribution in [2.45, 2.75) is 47.0 Å². The maximum absolute atomic E-state index is 11.1. The molecule has 1 aromatic rings. The lowest BCUT2D eigenvalue weighted by atomic mass is 9.80. The van der Waals surface area contributed by atoms with Crippen molar-refractivity contribution in [3.05, 3.63) is 34.4 Å². The maximum Gasteiger partial charge on any atom is 0.307 e. The average Bonchev–Trinajstić information content (AvgIpc) is 2.41. The molecule has 0 bridgehead atoms. The monoisotopic (exact) mass is 277 g/mol. The van der Waals surface area contributed by atoms with Gasteiger partial charge in [0.1, 0.15) is 0 Å². The van der Waals surface area contributed by atoms with Crippen LogP contribution in [0.3, 0.4) is 0 Å². The molecule has 0 fully saturated rings. The molecule has 0 radical (unpaired) electrons. The minimum absolute atomic E-state index is 0.207. The van der Waals surface area contributed by atoms with Gasteiger partial charge in [0.25, 0.3) is 0 Å². The summed E-state index contributed by atoms with van der Waals surface area (Å²) in [7, 11) is 0. The van der Waals surface area contributed by atoms with Crippen molar-refractivity contribution in [2.24, 2.45) is 17.6 Å². The molecule has 3 N–H and O–H groups in total. The van der Waals surface area contributed by atoms with Crippen LogP contribution >= 0.6 is 0 Å². The molecule has 0 aromatic heterocycles. The molecule has 20 heavy (non-hydrogen) atoms. The number of hydrogen-bond donors (Lipinski definition) is 2. The van der Waals surface area contributed by atoms with Crippen LogP contribution in [0.15, 0.2) is 12.1 Å². The Bertz CT molecular complexity index is 482. The molecule has 0 aliphatic rings. The van der Waals surface area contributed by atoms with Crippen molar-refractivity contribution in [1.29, 1.82) is 0 Å². The van der Waals surface area contributed by atoms with Gasteiger partial charge in [-0.25, -0.2) is 0 Å². The van der Waals surface area contributed by atoms with E-state index in [1.807, 2.05) is 0 Å². The van der Waals surface area contributed by atoms with E-state index in [1.165, 1.54) is 22.3 Å². The van der Waals surface area contributed by atoms with Crippen LogP contribution in [0.2, 0.25) is 0 Å². The smallest absolute Gasteiger partial charge is 0.307 e. The van der Waals surface area contributed by atoms with Crippen molar-refractivity contribution < 1.29 is 9.90 Å². The Kier molecular flexibility index (Phi) is 5.75. The first-order valence-corrected chi connectivity index (χ1v) is 7.29. The van der Waals surface area contributed by atoms with E-state index in [0.717, 1.165) is 0 Å². The quantitative estimate of drug-likeness (QED) is 0.837. The minimum Gasteiger partial charge on any atom is -0.481 e. The fourth-order valence-corrected chi connectivity index (χ4v) is 2.73. The second kappa shape index (κ2) is 6.89. The largest absolute Gasteiger partial charge is 0.481 e. The van der Waals surface area contributed by atoms with Crippen LogP contribution in [0.5, 0.6) is 0 Å². The highest BCUT2D eigenvalue weighted by Gasteiger charge is 2.24. The molecule has 0 saturated heterocycles. The highest BCUT2D eigenvalue weighted by Crippen LogP contribution is 2.32. The summed E-state index contributed by atoms with van der Waals surface area (Å²) in [4.78, 5) is 11.1. The first-order valence-electron chi connectivity index (χ1n) is 7.29. The summed E-state index contributed by atoms with van der Waals surface area (Å²) in [5.41, 5.74) is 10.8. The number of carboxylic acid groups (broad SMARTS) is 1. The Morgan fingerprint density at radius 3 is 2.30 bits per heavy atom. The van der Waals surface area contributed by atoms with Gasteiger partial charge in [0.2, 0.25) is 0 Å². The summed E-state index contributed by atoms with van der Waals surface area (Å²) in [6.07, 6.45) is 0.624. The van der Waals surface area contributed by atoms with Gasteiger partial charge in [-0.05, 0) is 61.3 Å². The molecule has 0 saturated carbocycles. The Hall–Kier alpha value is -1.35. The van der Waals surface area contributed by atoms with E-state index in [4.69, 9.17) is 10.8 Å². The molecule has 3 heteroatoms. The topological polar surface area (TPSA) is 63.3 Å². The first-order chi connectivity index (χ1) is 9.29. The van der Waals surface area contributed by atoms with Gasteiger partial charge in [0, 0.05) is 6.54 Å². The number of hydrogen-bond acceptors (Lipinski definition) is 2. The molecule has 3 nitrogen and oxygen atoms in total. The second-order valence-electron chi connectivity index (χ2n) is 5.99. The predicted octanol–water partition coefficient (Wildman–Crippen LogP) is 3.40. The number of nitrogens with two attached hydrogens (primary N) is 1. The van der Waals surface area contributed by atoms with Gasteiger partial charge in [-0.15, -0.1) is 0 Å². The van der Waals surface area contributed by atoms with E-state index in [2.05, 4.69) is 46.8 Å². The zero-order chi connectivity index (χ0) is 15.4. The first kappa shape index (κ1) is 16.7. The van der Waals surface area contributed by atoms with Gasteiger partial charge in [-0.1, -0.05) is 26.0 Å². The highest BCUT2D eigenvalue weighted by atomic mass is 16.4. The molecule has 0 amide bonds. The number of carboxylic acids is 1. The lowest BCUT2D eigenvalue weighted by molar-refractivity contribution is -0.142. The van der Waals surface area contributed by atoms with Crippen molar-refractivity contribution in [1.82, 2.24) is 0 Å². The standard InChI is InChI=1S/C17H27NO2/c1-10-6-7-16(14(5)12(10)3)13(4)11(2)8-15(9-18)17(19)20/h6-7,11,13,15H,8-9,18H2,1-5H3,(H,19,20). The SMILES string of the molecule is Cc1ccc(C(C)C(C)CC(CN)C(=O)O)c(C)c1C. The average molecular weight is 277 g/mol. The third-order valence-corrected chi connectivity index (χ3v) is 4.73. The second-order valence-corrected chi connectivity index (χ2v) is 5.99. The summed E-state index contributed by atoms with van der Waals surface area (Å²) < 4.78 is 0. The van der Waals surface area contributed by atoms with Crippen molar-refractivity contribution in [3.8, 4) is 0 Å². The van der Waals surface area contributed by atoms with E-state index in [0.29, 0.717) is 18.3 Å². The molecule has 0 aliphatic carbocycles. The van der Waals surface area contributed by atoms with E-state index >= 15 is 0 Å². The molecule has 0 spiro atoms. The Balaban J connectivity index is 2.92. The van der Waals surface area contributed by atoms with E-state index in [9.17, 15) is 4.79 Å². The fourth-order valence-electron chi connectivity index (χ4n) is 2.73. The van der Waals surface area contributed by atoms with Gasteiger partial charge in [0.05, 0.1) is 5.92 Å². The molecule has 3 unspecified atom stereocenters. The van der Waals surface area contributed by atoms with Crippen LogP contribution < -0.4 is 5.73 Å². The molecule has 112 valence electrons. The van der Waals surface area contributed by atoms with Gasteiger partial charge in [-0.2, -0.15) is 0 Å². The molecule has 0 aliphatic heterocycles. The molecular formula is C17H27NO2. The fraction of sp³-hybridized carbons (Fsp3) is 0.588. The molecule has 3 atom stereocenters. The predicted molar refractivity (Wildman–Crippen MR) is 83.0 cm³/mol. The van der Waals surface area contributed by atoms with Crippen LogP contribution in [0.1, 0.15) is 48.4 Å². The molecule has 0 heterocycles. The minimum atomic E-state index is -0.789. The number of rotatable bonds is 6. The normalized spacial score (nSPS) is 15.7. The summed E-state index contributed by atoms with van der Waals surface area (Å²) in [5.74, 6) is -0.606. The van der Waals surface area contributed by atoms with Gasteiger partial charge in [-0.3, -0.25) is 4.79 Å².